The van der Waals surface area contributed by atoms with Crippen LogP contribution >= 0.6 is 0 Å². The molecule has 1 aliphatic rings. The fourth-order valence-corrected chi connectivity index (χ4v) is 4.63. The highest BCUT2D eigenvalue weighted by Gasteiger charge is 2.33. The Kier molecular flexibility index (Phi) is 12.0. The standard InChI is InChI=1S/C30H49N3O3/c1-8-23(4)26(32-29(35)36-30(5,6)7)21-33-19-13-12-16-27(33)28(34)31-25(20-22(2)3)18-17-24-14-10-9-11-15-24/h9-11,14-15,17-18,22-23,25-27H,8,12-13,16,19-21H2,1-7H3,(H,31,34)(H,32,35)/b18-17+/t23-,25+,26+,27-/m0/s1. The first kappa shape index (κ1) is 29.9. The lowest BCUT2D eigenvalue weighted by atomic mass is 9.94. The van der Waals surface area contributed by atoms with Crippen molar-refractivity contribution >= 4 is 18.1 Å². The molecule has 1 heterocycles. The minimum absolute atomic E-state index is 0.0215. The van der Waals surface area contributed by atoms with E-state index in [0.717, 1.165) is 44.2 Å². The van der Waals surface area contributed by atoms with Crippen molar-refractivity contribution in [1.29, 1.82) is 0 Å². The number of carbonyl (C=O) groups is 2. The van der Waals surface area contributed by atoms with Gasteiger partial charge < -0.3 is 15.4 Å². The molecular weight excluding hydrogens is 450 g/mol. The highest BCUT2D eigenvalue weighted by atomic mass is 16.6. The molecule has 2 N–H and O–H groups in total. The van der Waals surface area contributed by atoms with Crippen molar-refractivity contribution in [3.8, 4) is 0 Å². The summed E-state index contributed by atoms with van der Waals surface area (Å²) in [4.78, 5) is 28.4. The molecule has 0 radical (unpaired) electrons. The topological polar surface area (TPSA) is 70.7 Å². The molecule has 2 rings (SSSR count). The molecule has 2 amide bonds. The van der Waals surface area contributed by atoms with Gasteiger partial charge in [-0.05, 0) is 64.0 Å². The number of carbonyl (C=O) groups excluding carboxylic acids is 2. The van der Waals surface area contributed by atoms with Crippen molar-refractivity contribution in [2.24, 2.45) is 11.8 Å². The van der Waals surface area contributed by atoms with Gasteiger partial charge in [-0.2, -0.15) is 0 Å². The third-order valence-corrected chi connectivity index (χ3v) is 6.75. The Bertz CT molecular complexity index is 832. The van der Waals surface area contributed by atoms with Gasteiger partial charge in [0.05, 0.1) is 6.04 Å². The fourth-order valence-electron chi connectivity index (χ4n) is 4.63. The lowest BCUT2D eigenvalue weighted by Crippen LogP contribution is -2.56. The summed E-state index contributed by atoms with van der Waals surface area (Å²) in [6.07, 6.45) is 8.58. The number of likely N-dealkylation sites (tertiary alicyclic amines) is 1. The molecule has 1 aromatic rings. The van der Waals surface area contributed by atoms with Crippen LogP contribution in [0.1, 0.15) is 86.1 Å². The Morgan fingerprint density at radius 1 is 1.11 bits per heavy atom. The SMILES string of the molecule is CC[C@H](C)[C@@H](CN1CCCC[C@H]1C(=O)N[C@H](/C=C/c1ccccc1)CC(C)C)NC(=O)OC(C)(C)C. The van der Waals surface area contributed by atoms with Crippen LogP contribution < -0.4 is 10.6 Å². The summed E-state index contributed by atoms with van der Waals surface area (Å²) in [5.74, 6) is 0.815. The number of alkyl carbamates (subject to hydrolysis) is 1. The van der Waals surface area contributed by atoms with Crippen molar-refractivity contribution in [3.63, 3.8) is 0 Å². The number of nitrogens with zero attached hydrogens (tertiary/aromatic N) is 1. The number of piperidine rings is 1. The third kappa shape index (κ3) is 10.7. The molecule has 6 nitrogen and oxygen atoms in total. The largest absolute Gasteiger partial charge is 0.444 e. The van der Waals surface area contributed by atoms with Crippen LogP contribution in [0.3, 0.4) is 0 Å². The molecule has 36 heavy (non-hydrogen) atoms. The summed E-state index contributed by atoms with van der Waals surface area (Å²) in [7, 11) is 0. The molecular formula is C30H49N3O3. The number of rotatable bonds is 11. The Morgan fingerprint density at radius 3 is 2.42 bits per heavy atom. The lowest BCUT2D eigenvalue weighted by Gasteiger charge is -2.39. The smallest absolute Gasteiger partial charge is 0.407 e. The van der Waals surface area contributed by atoms with E-state index in [-0.39, 0.29) is 30.0 Å². The molecule has 0 aromatic heterocycles. The first-order valence-corrected chi connectivity index (χ1v) is 13.8. The molecule has 4 atom stereocenters. The van der Waals surface area contributed by atoms with Crippen LogP contribution in [0.15, 0.2) is 36.4 Å². The normalized spacial score (nSPS) is 19.6. The van der Waals surface area contributed by atoms with Crippen LogP contribution in [0.2, 0.25) is 0 Å². The monoisotopic (exact) mass is 499 g/mol. The van der Waals surface area contributed by atoms with Crippen molar-refractivity contribution < 1.29 is 14.3 Å². The summed E-state index contributed by atoms with van der Waals surface area (Å²) >= 11 is 0. The zero-order valence-electron chi connectivity index (χ0n) is 23.5. The summed E-state index contributed by atoms with van der Waals surface area (Å²) in [6.45, 7) is 15.7. The Hall–Kier alpha value is -2.34. The van der Waals surface area contributed by atoms with Crippen LogP contribution in [0.5, 0.6) is 0 Å². The first-order chi connectivity index (χ1) is 17.0. The second-order valence-electron chi connectivity index (χ2n) is 11.7. The third-order valence-electron chi connectivity index (χ3n) is 6.75. The van der Waals surface area contributed by atoms with E-state index in [2.05, 4.69) is 67.5 Å². The quantitative estimate of drug-likeness (QED) is 0.390. The van der Waals surface area contributed by atoms with Gasteiger partial charge in [0.2, 0.25) is 5.91 Å². The number of hydrogen-bond donors (Lipinski definition) is 2. The number of ether oxygens (including phenoxy) is 1. The van der Waals surface area contributed by atoms with Gasteiger partial charge in [0.15, 0.2) is 0 Å². The maximum Gasteiger partial charge on any atom is 0.407 e. The molecule has 0 saturated carbocycles. The van der Waals surface area contributed by atoms with Crippen molar-refractivity contribution in [3.05, 3.63) is 42.0 Å². The van der Waals surface area contributed by atoms with E-state index in [1.54, 1.807) is 0 Å². The summed E-state index contributed by atoms with van der Waals surface area (Å²) < 4.78 is 5.52. The van der Waals surface area contributed by atoms with Gasteiger partial charge in [-0.15, -0.1) is 0 Å². The summed E-state index contributed by atoms with van der Waals surface area (Å²) in [5, 5.41) is 6.42. The molecule has 6 heteroatoms. The highest BCUT2D eigenvalue weighted by molar-refractivity contribution is 5.82. The van der Waals surface area contributed by atoms with Gasteiger partial charge in [0.1, 0.15) is 5.60 Å². The number of amides is 2. The van der Waals surface area contributed by atoms with Gasteiger partial charge in [-0.1, -0.05) is 83.0 Å². The maximum atomic E-state index is 13.5. The molecule has 0 aliphatic carbocycles. The van der Waals surface area contributed by atoms with Gasteiger partial charge >= 0.3 is 6.09 Å². The van der Waals surface area contributed by atoms with Crippen LogP contribution in [0, 0.1) is 11.8 Å². The molecule has 1 aromatic carbocycles. The maximum absolute atomic E-state index is 13.5. The lowest BCUT2D eigenvalue weighted by molar-refractivity contribution is -0.128. The van der Waals surface area contributed by atoms with Crippen LogP contribution in [0.4, 0.5) is 4.79 Å². The van der Waals surface area contributed by atoms with E-state index < -0.39 is 11.7 Å². The van der Waals surface area contributed by atoms with Crippen LogP contribution in [0.25, 0.3) is 6.08 Å². The highest BCUT2D eigenvalue weighted by Crippen LogP contribution is 2.21. The first-order valence-electron chi connectivity index (χ1n) is 13.8. The zero-order chi connectivity index (χ0) is 26.7. The van der Waals surface area contributed by atoms with Gasteiger partial charge in [0, 0.05) is 18.6 Å². The van der Waals surface area contributed by atoms with Crippen molar-refractivity contribution in [2.75, 3.05) is 13.1 Å². The Morgan fingerprint density at radius 2 is 1.81 bits per heavy atom. The van der Waals surface area contributed by atoms with Crippen LogP contribution in [-0.4, -0.2) is 53.7 Å². The van der Waals surface area contributed by atoms with Gasteiger partial charge in [-0.3, -0.25) is 9.69 Å². The predicted octanol–water partition coefficient (Wildman–Crippen LogP) is 6.02. The molecule has 1 fully saturated rings. The van der Waals surface area contributed by atoms with E-state index in [4.69, 9.17) is 4.74 Å². The van der Waals surface area contributed by atoms with E-state index in [9.17, 15) is 9.59 Å². The van der Waals surface area contributed by atoms with Crippen molar-refractivity contribution in [1.82, 2.24) is 15.5 Å². The number of hydrogen-bond acceptors (Lipinski definition) is 4. The average Bonchev–Trinajstić information content (AvgIpc) is 2.81. The average molecular weight is 500 g/mol. The molecule has 0 spiro atoms. The van der Waals surface area contributed by atoms with E-state index >= 15 is 0 Å². The zero-order valence-corrected chi connectivity index (χ0v) is 23.5. The van der Waals surface area contributed by atoms with E-state index in [0.29, 0.717) is 12.5 Å². The molecule has 0 unspecified atom stereocenters. The van der Waals surface area contributed by atoms with Crippen molar-refractivity contribution in [2.45, 2.75) is 104 Å². The van der Waals surface area contributed by atoms with Crippen LogP contribution in [-0.2, 0) is 9.53 Å². The summed E-state index contributed by atoms with van der Waals surface area (Å²) in [5.41, 5.74) is 0.584. The molecule has 202 valence electrons. The number of nitrogens with one attached hydrogen (secondary N) is 2. The molecule has 0 bridgehead atoms. The van der Waals surface area contributed by atoms with E-state index in [1.807, 2.05) is 39.0 Å². The van der Waals surface area contributed by atoms with E-state index in [1.165, 1.54) is 0 Å². The minimum Gasteiger partial charge on any atom is -0.444 e. The predicted molar refractivity (Wildman–Crippen MR) is 149 cm³/mol. The summed E-state index contributed by atoms with van der Waals surface area (Å²) in [6, 6.07) is 9.90. The number of benzene rings is 1. The fraction of sp³-hybridized carbons (Fsp3) is 0.667. The molecule has 1 aliphatic heterocycles. The second-order valence-corrected chi connectivity index (χ2v) is 11.7. The second kappa shape index (κ2) is 14.4. The minimum atomic E-state index is -0.545. The van der Waals surface area contributed by atoms with Gasteiger partial charge in [0.25, 0.3) is 0 Å². The molecule has 1 saturated heterocycles. The Balaban J connectivity index is 2.11. The Labute approximate surface area is 219 Å². The van der Waals surface area contributed by atoms with Gasteiger partial charge in [-0.25, -0.2) is 4.79 Å².